The number of fused-ring (bicyclic) bond motifs is 1. The third kappa shape index (κ3) is 5.53. The van der Waals surface area contributed by atoms with Crippen molar-refractivity contribution in [2.75, 3.05) is 39.2 Å². The number of anilines is 1. The summed E-state index contributed by atoms with van der Waals surface area (Å²) in [6.45, 7) is 6.67. The van der Waals surface area contributed by atoms with Gasteiger partial charge >= 0.3 is 6.03 Å². The van der Waals surface area contributed by atoms with E-state index in [0.29, 0.717) is 35.3 Å². The number of aliphatic hydroxyl groups is 1. The fourth-order valence-corrected chi connectivity index (χ4v) is 5.92. The molecule has 3 aromatic carbocycles. The highest BCUT2D eigenvalue weighted by molar-refractivity contribution is 6.30. The van der Waals surface area contributed by atoms with Gasteiger partial charge < -0.3 is 29.3 Å². The van der Waals surface area contributed by atoms with Crippen molar-refractivity contribution in [3.8, 4) is 11.5 Å². The molecule has 2 aliphatic rings. The third-order valence-electron chi connectivity index (χ3n) is 8.20. The number of benzene rings is 3. The van der Waals surface area contributed by atoms with Crippen LogP contribution < -0.4 is 14.4 Å². The van der Waals surface area contributed by atoms with Gasteiger partial charge in [0.2, 0.25) is 5.91 Å². The van der Waals surface area contributed by atoms with Gasteiger partial charge in [0.1, 0.15) is 0 Å². The molecule has 1 N–H and O–H groups in total. The van der Waals surface area contributed by atoms with Crippen molar-refractivity contribution in [1.82, 2.24) is 9.80 Å². The zero-order valence-corrected chi connectivity index (χ0v) is 25.7. The molecule has 0 bridgehead atoms. The first-order valence-corrected chi connectivity index (χ1v) is 14.5. The topological polar surface area (TPSA) is 82.6 Å². The number of carbonyl (C=O) groups excluding carboxylic acids is 2. The predicted molar refractivity (Wildman–Crippen MR) is 163 cm³/mol. The molecule has 3 amide bonds. The Morgan fingerprint density at radius 2 is 1.69 bits per heavy atom. The van der Waals surface area contributed by atoms with Gasteiger partial charge in [0.05, 0.1) is 31.3 Å². The van der Waals surface area contributed by atoms with Crippen LogP contribution in [0.1, 0.15) is 49.1 Å². The molecule has 9 heteroatoms. The molecule has 2 aliphatic heterocycles. The monoisotopic (exact) mass is 591 g/mol. The second-order valence-corrected chi connectivity index (χ2v) is 12.2. The van der Waals surface area contributed by atoms with Gasteiger partial charge in [-0.25, -0.2) is 4.79 Å². The van der Waals surface area contributed by atoms with Crippen molar-refractivity contribution in [2.24, 2.45) is 5.92 Å². The Hall–Kier alpha value is -3.75. The highest BCUT2D eigenvalue weighted by atomic mass is 35.5. The van der Waals surface area contributed by atoms with Crippen molar-refractivity contribution in [1.29, 1.82) is 0 Å². The number of rotatable bonds is 7. The zero-order chi connectivity index (χ0) is 30.3. The second kappa shape index (κ2) is 11.5. The summed E-state index contributed by atoms with van der Waals surface area (Å²) in [7, 11) is 5.04. The van der Waals surface area contributed by atoms with Gasteiger partial charge in [-0.2, -0.15) is 0 Å². The van der Waals surface area contributed by atoms with Gasteiger partial charge in [0.25, 0.3) is 0 Å². The van der Waals surface area contributed by atoms with E-state index in [4.69, 9.17) is 21.1 Å². The molecule has 3 aromatic rings. The van der Waals surface area contributed by atoms with E-state index in [-0.39, 0.29) is 30.4 Å². The smallest absolute Gasteiger partial charge is 0.319 e. The fraction of sp³-hybridized carbons (Fsp3) is 0.394. The molecule has 2 unspecified atom stereocenters. The number of ether oxygens (including phenoxy) is 2. The molecule has 42 heavy (non-hydrogen) atoms. The maximum atomic E-state index is 13.8. The van der Waals surface area contributed by atoms with Crippen molar-refractivity contribution in [2.45, 2.75) is 44.9 Å². The van der Waals surface area contributed by atoms with Crippen LogP contribution in [0.4, 0.5) is 10.5 Å². The summed E-state index contributed by atoms with van der Waals surface area (Å²) in [5.74, 6) is 1.06. The highest BCUT2D eigenvalue weighted by Gasteiger charge is 2.44. The molecule has 5 rings (SSSR count). The minimum atomic E-state index is -1.13. The van der Waals surface area contributed by atoms with Gasteiger partial charge in [-0.3, -0.25) is 4.79 Å². The number of nitrogens with zero attached hydrogens (tertiary/aromatic N) is 3. The zero-order valence-electron chi connectivity index (χ0n) is 24.9. The van der Waals surface area contributed by atoms with E-state index in [1.807, 2.05) is 74.5 Å². The van der Waals surface area contributed by atoms with E-state index in [2.05, 4.69) is 0 Å². The van der Waals surface area contributed by atoms with Gasteiger partial charge in [0, 0.05) is 43.8 Å². The van der Waals surface area contributed by atoms with Gasteiger partial charge in [0.15, 0.2) is 11.5 Å². The number of amides is 3. The van der Waals surface area contributed by atoms with Crippen LogP contribution in [0.5, 0.6) is 11.5 Å². The van der Waals surface area contributed by atoms with E-state index in [1.54, 1.807) is 42.8 Å². The average Bonchev–Trinajstić information content (AvgIpc) is 2.91. The molecule has 8 nitrogen and oxygen atoms in total. The van der Waals surface area contributed by atoms with Crippen LogP contribution in [-0.4, -0.2) is 67.2 Å². The minimum Gasteiger partial charge on any atom is -0.493 e. The minimum absolute atomic E-state index is 0.0571. The van der Waals surface area contributed by atoms with Crippen LogP contribution >= 0.6 is 11.6 Å². The van der Waals surface area contributed by atoms with Gasteiger partial charge in [-0.15, -0.1) is 0 Å². The normalized spacial score (nSPS) is 18.3. The Balaban J connectivity index is 1.50. The third-order valence-corrected chi connectivity index (χ3v) is 8.45. The van der Waals surface area contributed by atoms with E-state index in [1.165, 1.54) is 0 Å². The van der Waals surface area contributed by atoms with E-state index in [0.717, 1.165) is 22.3 Å². The largest absolute Gasteiger partial charge is 0.493 e. The van der Waals surface area contributed by atoms with Gasteiger partial charge in [-0.05, 0) is 79.4 Å². The summed E-state index contributed by atoms with van der Waals surface area (Å²) in [5.41, 5.74) is 3.06. The SMILES string of the molecule is COc1cc2c(cc1OC(C)C)C(c1ccc(Cl)cc1)N(c1ccc(C(C)(O)C3CN(C(=O)N(C)C)C3)cc1)C(=O)C2. The second-order valence-electron chi connectivity index (χ2n) is 11.7. The Labute approximate surface area is 252 Å². The first kappa shape index (κ1) is 29.7. The lowest BCUT2D eigenvalue weighted by atomic mass is 9.78. The van der Waals surface area contributed by atoms with Crippen LogP contribution in [0.2, 0.25) is 5.02 Å². The van der Waals surface area contributed by atoms with Crippen LogP contribution in [0, 0.1) is 5.92 Å². The van der Waals surface area contributed by atoms with Crippen molar-refractivity contribution in [3.63, 3.8) is 0 Å². The number of methoxy groups -OCH3 is 1. The molecule has 1 saturated heterocycles. The van der Waals surface area contributed by atoms with Crippen molar-refractivity contribution >= 4 is 29.2 Å². The lowest BCUT2D eigenvalue weighted by Crippen LogP contribution is -2.59. The highest BCUT2D eigenvalue weighted by Crippen LogP contribution is 2.44. The number of urea groups is 1. The summed E-state index contributed by atoms with van der Waals surface area (Å²) < 4.78 is 11.7. The van der Waals surface area contributed by atoms with Crippen molar-refractivity contribution in [3.05, 3.63) is 87.9 Å². The predicted octanol–water partition coefficient (Wildman–Crippen LogP) is 5.64. The fourth-order valence-electron chi connectivity index (χ4n) is 5.80. The van der Waals surface area contributed by atoms with Crippen LogP contribution in [0.15, 0.2) is 60.7 Å². The van der Waals surface area contributed by atoms with Crippen molar-refractivity contribution < 1.29 is 24.2 Å². The molecule has 0 aromatic heterocycles. The molecule has 0 spiro atoms. The molecule has 1 fully saturated rings. The van der Waals surface area contributed by atoms with E-state index >= 15 is 0 Å². The molecule has 222 valence electrons. The first-order chi connectivity index (χ1) is 19.9. The lowest BCUT2D eigenvalue weighted by molar-refractivity contribution is -0.118. The average molecular weight is 592 g/mol. The Morgan fingerprint density at radius 1 is 1.05 bits per heavy atom. The maximum Gasteiger partial charge on any atom is 0.319 e. The summed E-state index contributed by atoms with van der Waals surface area (Å²) >= 11 is 6.23. The van der Waals surface area contributed by atoms with E-state index < -0.39 is 11.6 Å². The Bertz CT molecular complexity index is 1460. The molecule has 2 heterocycles. The summed E-state index contributed by atoms with van der Waals surface area (Å²) in [5, 5.41) is 12.1. The Morgan fingerprint density at radius 3 is 2.26 bits per heavy atom. The number of likely N-dealkylation sites (tertiary alicyclic amines) is 1. The first-order valence-electron chi connectivity index (χ1n) is 14.1. The summed E-state index contributed by atoms with van der Waals surface area (Å²) in [6.07, 6.45) is 0.144. The molecule has 2 atom stereocenters. The van der Waals surface area contributed by atoms with Crippen LogP contribution in [0.25, 0.3) is 0 Å². The maximum absolute atomic E-state index is 13.8. The Kier molecular flexibility index (Phi) is 8.14. The van der Waals surface area contributed by atoms with Crippen LogP contribution in [0.3, 0.4) is 0 Å². The molecule has 0 radical (unpaired) electrons. The van der Waals surface area contributed by atoms with Gasteiger partial charge in [-0.1, -0.05) is 35.9 Å². The lowest BCUT2D eigenvalue weighted by Gasteiger charge is -2.47. The number of carbonyl (C=O) groups is 2. The number of hydrogen-bond donors (Lipinski definition) is 1. The number of halogens is 1. The molecular formula is C33H38ClN3O5. The standard InChI is InChI=1S/C33H38ClN3O5/c1-20(2)42-29-17-27-22(15-28(29)41-6)16-30(38)37(31(27)21-7-11-25(34)12-8-21)26-13-9-23(10-14-26)33(3,40)24-18-36(19-24)32(39)35(4)5/h7-15,17,20,24,31,40H,16,18-19H2,1-6H3. The molecular weight excluding hydrogens is 554 g/mol. The van der Waals surface area contributed by atoms with E-state index in [9.17, 15) is 14.7 Å². The van der Waals surface area contributed by atoms with Crippen LogP contribution in [-0.2, 0) is 16.8 Å². The molecule has 0 aliphatic carbocycles. The quantitative estimate of drug-likeness (QED) is 0.385. The number of hydrogen-bond acceptors (Lipinski definition) is 5. The molecule has 0 saturated carbocycles. The summed E-state index contributed by atoms with van der Waals surface area (Å²) in [4.78, 5) is 31.1. The summed E-state index contributed by atoms with van der Waals surface area (Å²) in [6, 6.07) is 18.4.